The molecule has 0 aromatic heterocycles. The van der Waals surface area contributed by atoms with Crippen LogP contribution in [-0.2, 0) is 42.7 Å². The summed E-state index contributed by atoms with van der Waals surface area (Å²) in [5, 5.41) is 0. The van der Waals surface area contributed by atoms with Gasteiger partial charge < -0.3 is 28.4 Å². The van der Waals surface area contributed by atoms with Crippen molar-refractivity contribution in [2.45, 2.75) is 115 Å². The van der Waals surface area contributed by atoms with E-state index in [9.17, 15) is 8.42 Å². The first-order chi connectivity index (χ1) is 22.7. The van der Waals surface area contributed by atoms with Gasteiger partial charge in [0.1, 0.15) is 0 Å². The molecule has 0 radical (unpaired) electrons. The van der Waals surface area contributed by atoms with Crippen LogP contribution in [0.1, 0.15) is 110 Å². The molecule has 0 aliphatic carbocycles. The van der Waals surface area contributed by atoms with E-state index in [2.05, 4.69) is 6.92 Å². The maximum absolute atomic E-state index is 12.0. The Morgan fingerprint density at radius 2 is 0.696 bits per heavy atom. The smallest absolute Gasteiger partial charge is 0.297 e. The average molecular weight is 675 g/mol. The molecule has 0 atom stereocenters. The molecule has 9 nitrogen and oxygen atoms in total. The summed E-state index contributed by atoms with van der Waals surface area (Å²) >= 11 is 0. The van der Waals surface area contributed by atoms with E-state index < -0.39 is 10.1 Å². The Labute approximate surface area is 281 Å². The number of hydrogen-bond acceptors (Lipinski definition) is 9. The van der Waals surface area contributed by atoms with E-state index in [0.29, 0.717) is 66.1 Å². The molecule has 10 heteroatoms. The lowest BCUT2D eigenvalue weighted by molar-refractivity contribution is -0.0178. The van der Waals surface area contributed by atoms with Crippen LogP contribution in [0.2, 0.25) is 0 Å². The number of rotatable bonds is 37. The van der Waals surface area contributed by atoms with E-state index in [4.69, 9.17) is 32.6 Å². The van der Waals surface area contributed by atoms with Crippen molar-refractivity contribution < 1.29 is 41.0 Å². The van der Waals surface area contributed by atoms with Gasteiger partial charge in [-0.1, -0.05) is 121 Å². The molecule has 0 spiro atoms. The third-order valence-electron chi connectivity index (χ3n) is 7.50. The highest BCUT2D eigenvalue weighted by atomic mass is 32.2. The van der Waals surface area contributed by atoms with E-state index in [1.165, 1.54) is 108 Å². The summed E-state index contributed by atoms with van der Waals surface area (Å²) in [4.78, 5) is 0.133. The van der Waals surface area contributed by atoms with Gasteiger partial charge in [-0.25, -0.2) is 0 Å². The zero-order valence-corrected chi connectivity index (χ0v) is 29.8. The number of hydrogen-bond donors (Lipinski definition) is 0. The van der Waals surface area contributed by atoms with Gasteiger partial charge in [-0.15, -0.1) is 0 Å². The minimum atomic E-state index is -3.74. The predicted octanol–water partition coefficient (Wildman–Crippen LogP) is 7.75. The summed E-state index contributed by atoms with van der Waals surface area (Å²) < 4.78 is 61.9. The van der Waals surface area contributed by atoms with Gasteiger partial charge in [0.15, 0.2) is 0 Å². The molecular weight excluding hydrogens is 608 g/mol. The van der Waals surface area contributed by atoms with Gasteiger partial charge in [-0.05, 0) is 18.6 Å². The Morgan fingerprint density at radius 3 is 1.07 bits per heavy atom. The normalized spacial score (nSPS) is 11.8. The lowest BCUT2D eigenvalue weighted by atomic mass is 10.0. The Morgan fingerprint density at radius 1 is 0.391 bits per heavy atom. The largest absolute Gasteiger partial charge is 0.379 e. The van der Waals surface area contributed by atoms with Gasteiger partial charge in [0, 0.05) is 6.61 Å². The molecule has 0 unspecified atom stereocenters. The van der Waals surface area contributed by atoms with Crippen molar-refractivity contribution in [3.8, 4) is 0 Å². The van der Waals surface area contributed by atoms with Crippen LogP contribution in [0.5, 0.6) is 0 Å². The van der Waals surface area contributed by atoms with Crippen molar-refractivity contribution in [2.24, 2.45) is 0 Å². The highest BCUT2D eigenvalue weighted by Gasteiger charge is 2.13. The first-order valence-electron chi connectivity index (χ1n) is 18.1. The zero-order chi connectivity index (χ0) is 33.1. The molecule has 1 aromatic rings. The maximum Gasteiger partial charge on any atom is 0.297 e. The molecule has 0 aliphatic heterocycles. The van der Waals surface area contributed by atoms with E-state index in [-0.39, 0.29) is 18.1 Å². The van der Waals surface area contributed by atoms with Crippen molar-refractivity contribution in [1.82, 2.24) is 0 Å². The van der Waals surface area contributed by atoms with Crippen LogP contribution < -0.4 is 0 Å². The zero-order valence-electron chi connectivity index (χ0n) is 29.0. The summed E-state index contributed by atoms with van der Waals surface area (Å²) in [5.41, 5.74) is 0. The van der Waals surface area contributed by atoms with Gasteiger partial charge >= 0.3 is 0 Å². The van der Waals surface area contributed by atoms with Gasteiger partial charge in [-0.3, -0.25) is 4.18 Å². The molecule has 0 fully saturated rings. The van der Waals surface area contributed by atoms with Crippen molar-refractivity contribution in [2.75, 3.05) is 85.9 Å². The van der Waals surface area contributed by atoms with Crippen LogP contribution in [0.15, 0.2) is 35.2 Å². The summed E-state index contributed by atoms with van der Waals surface area (Å²) in [6.07, 6.45) is 22.1. The molecule has 0 aliphatic rings. The number of benzene rings is 1. The Bertz CT molecular complexity index is 839. The fraction of sp³-hybridized carbons (Fsp3) is 0.833. The molecule has 46 heavy (non-hydrogen) atoms. The average Bonchev–Trinajstić information content (AvgIpc) is 3.07. The third kappa shape index (κ3) is 29.1. The lowest BCUT2D eigenvalue weighted by Gasteiger charge is -2.08. The second-order valence-corrected chi connectivity index (χ2v) is 13.2. The summed E-state index contributed by atoms with van der Waals surface area (Å²) in [6.45, 7) is 8.21. The van der Waals surface area contributed by atoms with Crippen LogP contribution in [0, 0.1) is 0 Å². The van der Waals surface area contributed by atoms with Gasteiger partial charge in [0.2, 0.25) is 0 Å². The summed E-state index contributed by atoms with van der Waals surface area (Å²) in [7, 11) is -3.74. The second-order valence-electron chi connectivity index (χ2n) is 11.6. The first-order valence-corrected chi connectivity index (χ1v) is 19.5. The van der Waals surface area contributed by atoms with Crippen molar-refractivity contribution in [1.29, 1.82) is 0 Å². The molecule has 0 bridgehead atoms. The highest BCUT2D eigenvalue weighted by molar-refractivity contribution is 7.86. The Kier molecular flexibility index (Phi) is 31.5. The SMILES string of the molecule is CCCCCCCCCCCCCCCCCCOCCOCCOCCOCCOCCOCCOS(=O)(=O)c1ccccc1. The van der Waals surface area contributed by atoms with E-state index in [0.717, 1.165) is 13.0 Å². The second kappa shape index (κ2) is 33.8. The van der Waals surface area contributed by atoms with Crippen LogP contribution in [0.25, 0.3) is 0 Å². The molecule has 0 heterocycles. The van der Waals surface area contributed by atoms with Crippen molar-refractivity contribution >= 4 is 10.1 Å². The summed E-state index contributed by atoms with van der Waals surface area (Å²) in [6, 6.07) is 8.03. The third-order valence-corrected chi connectivity index (χ3v) is 8.83. The molecule has 1 aromatic carbocycles. The fourth-order valence-corrected chi connectivity index (χ4v) is 5.73. The van der Waals surface area contributed by atoms with Crippen LogP contribution in [0.3, 0.4) is 0 Å². The molecular formula is C36H66O9S. The maximum atomic E-state index is 12.0. The van der Waals surface area contributed by atoms with Crippen LogP contribution in [-0.4, -0.2) is 94.3 Å². The van der Waals surface area contributed by atoms with Crippen LogP contribution >= 0.6 is 0 Å². The first kappa shape index (κ1) is 42.9. The molecule has 0 saturated heterocycles. The molecule has 1 rings (SSSR count). The van der Waals surface area contributed by atoms with E-state index >= 15 is 0 Å². The molecule has 0 amide bonds. The number of unbranched alkanes of at least 4 members (excludes halogenated alkanes) is 15. The topological polar surface area (TPSA) is 98.8 Å². The number of ether oxygens (including phenoxy) is 6. The van der Waals surface area contributed by atoms with E-state index in [1.807, 2.05) is 0 Å². The van der Waals surface area contributed by atoms with Crippen LogP contribution in [0.4, 0.5) is 0 Å². The molecule has 270 valence electrons. The standard InChI is InChI=1S/C36H66O9S/c1-2-3-4-5-6-7-8-9-10-11-12-13-14-15-16-20-23-39-24-25-40-26-27-41-28-29-42-30-31-43-32-33-44-34-35-45-46(37,38)36-21-18-17-19-22-36/h17-19,21-22H,2-16,20,23-35H2,1H3. The minimum Gasteiger partial charge on any atom is -0.379 e. The van der Waals surface area contributed by atoms with Crippen molar-refractivity contribution in [3.05, 3.63) is 30.3 Å². The van der Waals surface area contributed by atoms with Gasteiger partial charge in [0.25, 0.3) is 10.1 Å². The Hall–Kier alpha value is -1.11. The monoisotopic (exact) mass is 674 g/mol. The minimum absolute atomic E-state index is 0.0429. The fourth-order valence-electron chi connectivity index (χ4n) is 4.81. The Balaban J connectivity index is 1.66. The molecule has 0 N–H and O–H groups in total. The van der Waals surface area contributed by atoms with Crippen molar-refractivity contribution in [3.63, 3.8) is 0 Å². The summed E-state index contributed by atoms with van der Waals surface area (Å²) in [5.74, 6) is 0. The van der Waals surface area contributed by atoms with E-state index in [1.54, 1.807) is 18.2 Å². The predicted molar refractivity (Wildman–Crippen MR) is 184 cm³/mol. The highest BCUT2D eigenvalue weighted by Crippen LogP contribution is 2.14. The quantitative estimate of drug-likeness (QED) is 0.0518. The molecule has 0 saturated carbocycles. The van der Waals surface area contributed by atoms with Gasteiger partial charge in [-0.2, -0.15) is 8.42 Å². The van der Waals surface area contributed by atoms with Gasteiger partial charge in [0.05, 0.1) is 84.2 Å². The lowest BCUT2D eigenvalue weighted by Crippen LogP contribution is -2.15.